The number of thioether (sulfide) groups is 1. The van der Waals surface area contributed by atoms with Gasteiger partial charge >= 0.3 is 0 Å². The van der Waals surface area contributed by atoms with Gasteiger partial charge in [-0.05, 0) is 39.7 Å². The van der Waals surface area contributed by atoms with E-state index >= 15 is 0 Å². The molecule has 0 fully saturated rings. The van der Waals surface area contributed by atoms with Crippen LogP contribution in [0.4, 0.5) is 0 Å². The van der Waals surface area contributed by atoms with Crippen LogP contribution in [0, 0.1) is 0 Å². The van der Waals surface area contributed by atoms with Gasteiger partial charge in [-0.1, -0.05) is 36.0 Å². The Morgan fingerprint density at radius 3 is 2.83 bits per heavy atom. The molecule has 0 saturated carbocycles. The van der Waals surface area contributed by atoms with Crippen LogP contribution in [0.2, 0.25) is 0 Å². The predicted molar refractivity (Wildman–Crippen MR) is 92.5 cm³/mol. The Morgan fingerprint density at radius 2 is 2.09 bits per heavy atom. The molecule has 1 aliphatic heterocycles. The van der Waals surface area contributed by atoms with Gasteiger partial charge in [-0.25, -0.2) is 0 Å². The van der Waals surface area contributed by atoms with E-state index < -0.39 is 0 Å². The standard InChI is InChI=1S/C17H22N4OS/c1-11(2)18-14(22)10-23-16-20-19-15-13-8-6-5-7-12(13)9-17(3,4)21(15)16/h5-8,11H,9-10H2,1-4H3,(H,18,22). The third-order valence-electron chi connectivity index (χ3n) is 3.90. The zero-order valence-corrected chi connectivity index (χ0v) is 14.8. The monoisotopic (exact) mass is 330 g/mol. The Kier molecular flexibility index (Phi) is 4.19. The molecule has 0 spiro atoms. The molecule has 1 N–H and O–H groups in total. The number of nitrogens with zero attached hydrogens (tertiary/aromatic N) is 3. The maximum absolute atomic E-state index is 11.9. The number of rotatable bonds is 4. The molecule has 1 aliphatic rings. The van der Waals surface area contributed by atoms with Crippen LogP contribution < -0.4 is 5.32 Å². The van der Waals surface area contributed by atoms with Crippen LogP contribution in [0.3, 0.4) is 0 Å². The van der Waals surface area contributed by atoms with Gasteiger partial charge in [-0.3, -0.25) is 9.36 Å². The summed E-state index contributed by atoms with van der Waals surface area (Å²) >= 11 is 1.45. The molecule has 23 heavy (non-hydrogen) atoms. The predicted octanol–water partition coefficient (Wildman–Crippen LogP) is 2.85. The third-order valence-corrected chi connectivity index (χ3v) is 4.83. The van der Waals surface area contributed by atoms with Crippen LogP contribution in [0.15, 0.2) is 29.4 Å². The minimum atomic E-state index is -0.107. The van der Waals surface area contributed by atoms with Crippen molar-refractivity contribution in [1.29, 1.82) is 0 Å². The molecular formula is C17H22N4OS. The van der Waals surface area contributed by atoms with Gasteiger partial charge in [-0.15, -0.1) is 10.2 Å². The van der Waals surface area contributed by atoms with E-state index in [9.17, 15) is 4.79 Å². The van der Waals surface area contributed by atoms with Crippen LogP contribution >= 0.6 is 11.8 Å². The van der Waals surface area contributed by atoms with Crippen molar-refractivity contribution in [3.05, 3.63) is 29.8 Å². The molecule has 1 aromatic carbocycles. The van der Waals surface area contributed by atoms with E-state index in [-0.39, 0.29) is 17.5 Å². The lowest BCUT2D eigenvalue weighted by Gasteiger charge is -2.34. The first-order valence-corrected chi connectivity index (χ1v) is 8.83. The molecule has 6 heteroatoms. The molecule has 0 saturated heterocycles. The largest absolute Gasteiger partial charge is 0.353 e. The zero-order valence-electron chi connectivity index (χ0n) is 14.0. The summed E-state index contributed by atoms with van der Waals surface area (Å²) in [5, 5.41) is 12.4. The third kappa shape index (κ3) is 3.13. The van der Waals surface area contributed by atoms with Gasteiger partial charge in [0, 0.05) is 17.1 Å². The molecule has 122 valence electrons. The summed E-state index contributed by atoms with van der Waals surface area (Å²) in [7, 11) is 0. The Balaban J connectivity index is 1.89. The van der Waals surface area contributed by atoms with Crippen LogP contribution in [0.5, 0.6) is 0 Å². The van der Waals surface area contributed by atoms with E-state index in [4.69, 9.17) is 0 Å². The molecule has 0 atom stereocenters. The van der Waals surface area contributed by atoms with Crippen molar-refractivity contribution in [1.82, 2.24) is 20.1 Å². The van der Waals surface area contributed by atoms with Crippen molar-refractivity contribution in [2.24, 2.45) is 0 Å². The summed E-state index contributed by atoms with van der Waals surface area (Å²) < 4.78 is 2.17. The summed E-state index contributed by atoms with van der Waals surface area (Å²) in [6.07, 6.45) is 0.931. The van der Waals surface area contributed by atoms with Gasteiger partial charge in [-0.2, -0.15) is 0 Å². The number of nitrogens with one attached hydrogen (secondary N) is 1. The minimum Gasteiger partial charge on any atom is -0.353 e. The SMILES string of the molecule is CC(C)NC(=O)CSc1nnc2n1C(C)(C)Cc1ccccc1-2. The van der Waals surface area contributed by atoms with Crippen molar-refractivity contribution in [3.63, 3.8) is 0 Å². The van der Waals surface area contributed by atoms with Crippen molar-refractivity contribution in [3.8, 4) is 11.4 Å². The highest BCUT2D eigenvalue weighted by Gasteiger charge is 2.34. The summed E-state index contributed by atoms with van der Waals surface area (Å²) in [5.74, 6) is 1.27. The molecule has 1 amide bonds. The summed E-state index contributed by atoms with van der Waals surface area (Å²) in [6, 6.07) is 8.48. The van der Waals surface area contributed by atoms with Crippen molar-refractivity contribution in [2.75, 3.05) is 5.75 Å². The number of fused-ring (bicyclic) bond motifs is 3. The number of aromatic nitrogens is 3. The summed E-state index contributed by atoms with van der Waals surface area (Å²) in [5.41, 5.74) is 2.33. The molecular weight excluding hydrogens is 308 g/mol. The van der Waals surface area contributed by atoms with E-state index in [1.165, 1.54) is 17.3 Å². The Morgan fingerprint density at radius 1 is 1.35 bits per heavy atom. The van der Waals surface area contributed by atoms with Gasteiger partial charge < -0.3 is 5.32 Å². The van der Waals surface area contributed by atoms with E-state index in [1.807, 2.05) is 19.9 Å². The minimum absolute atomic E-state index is 0.0244. The van der Waals surface area contributed by atoms with Gasteiger partial charge in [0.1, 0.15) is 0 Å². The second-order valence-electron chi connectivity index (χ2n) is 6.80. The molecule has 5 nitrogen and oxygen atoms in total. The van der Waals surface area contributed by atoms with E-state index in [2.05, 4.69) is 52.1 Å². The number of benzene rings is 1. The molecule has 0 unspecified atom stereocenters. The average molecular weight is 330 g/mol. The zero-order chi connectivity index (χ0) is 16.6. The lowest BCUT2D eigenvalue weighted by Crippen LogP contribution is -2.34. The van der Waals surface area contributed by atoms with E-state index in [0.717, 1.165) is 23.0 Å². The highest BCUT2D eigenvalue weighted by Crippen LogP contribution is 2.39. The lowest BCUT2D eigenvalue weighted by atomic mass is 9.87. The number of amides is 1. The molecule has 0 radical (unpaired) electrons. The van der Waals surface area contributed by atoms with Gasteiger partial charge in [0.15, 0.2) is 11.0 Å². The van der Waals surface area contributed by atoms with Gasteiger partial charge in [0.05, 0.1) is 5.75 Å². The fourth-order valence-electron chi connectivity index (χ4n) is 3.01. The fourth-order valence-corrected chi connectivity index (χ4v) is 3.92. The van der Waals surface area contributed by atoms with E-state index in [0.29, 0.717) is 5.75 Å². The smallest absolute Gasteiger partial charge is 0.230 e. The van der Waals surface area contributed by atoms with Crippen molar-refractivity contribution < 1.29 is 4.79 Å². The first-order chi connectivity index (χ1) is 10.9. The second-order valence-corrected chi connectivity index (χ2v) is 7.74. The van der Waals surface area contributed by atoms with Crippen LogP contribution in [0.25, 0.3) is 11.4 Å². The number of carbonyl (C=O) groups is 1. The first-order valence-electron chi connectivity index (χ1n) is 7.85. The van der Waals surface area contributed by atoms with Gasteiger partial charge in [0.25, 0.3) is 0 Å². The van der Waals surface area contributed by atoms with Crippen LogP contribution in [-0.2, 0) is 16.8 Å². The molecule has 0 aliphatic carbocycles. The fraction of sp³-hybridized carbons (Fsp3) is 0.471. The van der Waals surface area contributed by atoms with Crippen molar-refractivity contribution >= 4 is 17.7 Å². The highest BCUT2D eigenvalue weighted by molar-refractivity contribution is 7.99. The van der Waals surface area contributed by atoms with Gasteiger partial charge in [0.2, 0.25) is 5.91 Å². The quantitative estimate of drug-likeness (QED) is 0.876. The molecule has 1 aromatic heterocycles. The van der Waals surface area contributed by atoms with Crippen LogP contribution in [-0.4, -0.2) is 32.5 Å². The number of hydrogen-bond acceptors (Lipinski definition) is 4. The molecule has 3 rings (SSSR count). The normalized spacial score (nSPS) is 15.2. The number of carbonyl (C=O) groups excluding carboxylic acids is 1. The molecule has 0 bridgehead atoms. The number of hydrogen-bond donors (Lipinski definition) is 1. The van der Waals surface area contributed by atoms with E-state index in [1.54, 1.807) is 0 Å². The first kappa shape index (κ1) is 16.1. The average Bonchev–Trinajstić information content (AvgIpc) is 2.89. The summed E-state index contributed by atoms with van der Waals surface area (Å²) in [4.78, 5) is 11.9. The molecule has 2 heterocycles. The Bertz CT molecular complexity index is 736. The second kappa shape index (κ2) is 6.00. The highest BCUT2D eigenvalue weighted by atomic mass is 32.2. The maximum Gasteiger partial charge on any atom is 0.230 e. The van der Waals surface area contributed by atoms with Crippen molar-refractivity contribution in [2.45, 2.75) is 50.9 Å². The maximum atomic E-state index is 11.9. The summed E-state index contributed by atoms with van der Waals surface area (Å²) in [6.45, 7) is 8.30. The topological polar surface area (TPSA) is 59.8 Å². The molecule has 2 aromatic rings. The van der Waals surface area contributed by atoms with Crippen LogP contribution in [0.1, 0.15) is 33.3 Å². The Hall–Kier alpha value is -1.82. The Labute approximate surface area is 140 Å². The lowest BCUT2D eigenvalue weighted by molar-refractivity contribution is -0.119.